The number of hydrogen-bond acceptors (Lipinski definition) is 3. The lowest BCUT2D eigenvalue weighted by atomic mass is 10.1. The molecule has 4 aromatic rings. The van der Waals surface area contributed by atoms with Crippen molar-refractivity contribution in [1.82, 2.24) is 14.9 Å². The predicted octanol–water partition coefficient (Wildman–Crippen LogP) is 4.48. The summed E-state index contributed by atoms with van der Waals surface area (Å²) in [5.41, 5.74) is 2.29. The van der Waals surface area contributed by atoms with E-state index in [2.05, 4.69) is 10.3 Å². The van der Waals surface area contributed by atoms with Crippen LogP contribution >= 0.6 is 11.6 Å². The summed E-state index contributed by atoms with van der Waals surface area (Å²) in [6.45, 7) is 2.12. The molecule has 0 fully saturated rings. The molecular weight excluding hydrogens is 417 g/mol. The molecule has 1 heterocycles. The lowest BCUT2D eigenvalue weighted by Crippen LogP contribution is -2.33. The minimum atomic E-state index is -0.640. The third-order valence-electron chi connectivity index (χ3n) is 4.98. The maximum absolute atomic E-state index is 14.4. The highest BCUT2D eigenvalue weighted by molar-refractivity contribution is 6.31. The van der Waals surface area contributed by atoms with Crippen LogP contribution in [0, 0.1) is 12.7 Å². The summed E-state index contributed by atoms with van der Waals surface area (Å²) in [4.78, 5) is 29.4. The van der Waals surface area contributed by atoms with Gasteiger partial charge in [0, 0.05) is 22.5 Å². The van der Waals surface area contributed by atoms with Crippen LogP contribution < -0.4 is 11.0 Å². The molecule has 0 spiro atoms. The Balaban J connectivity index is 1.69. The Morgan fingerprint density at radius 1 is 1.10 bits per heavy atom. The monoisotopic (exact) mass is 435 g/mol. The maximum atomic E-state index is 14.4. The first-order valence-electron chi connectivity index (χ1n) is 9.69. The lowest BCUT2D eigenvalue weighted by Gasteiger charge is -2.14. The molecule has 0 saturated carbocycles. The molecule has 0 aliphatic carbocycles. The topological polar surface area (TPSA) is 64.0 Å². The zero-order chi connectivity index (χ0) is 22.0. The van der Waals surface area contributed by atoms with Crippen molar-refractivity contribution in [2.24, 2.45) is 0 Å². The van der Waals surface area contributed by atoms with Crippen LogP contribution in [0.25, 0.3) is 22.2 Å². The zero-order valence-electron chi connectivity index (χ0n) is 16.7. The highest BCUT2D eigenvalue weighted by Crippen LogP contribution is 2.29. The number of fused-ring (bicyclic) bond motifs is 1. The molecule has 1 aromatic heterocycles. The van der Waals surface area contributed by atoms with Gasteiger partial charge in [-0.1, -0.05) is 53.6 Å². The van der Waals surface area contributed by atoms with Crippen molar-refractivity contribution in [3.05, 3.63) is 99.2 Å². The second-order valence-corrected chi connectivity index (χ2v) is 7.67. The number of aromatic nitrogens is 2. The highest BCUT2D eigenvalue weighted by Gasteiger charge is 2.17. The van der Waals surface area contributed by atoms with E-state index in [1.54, 1.807) is 36.4 Å². The van der Waals surface area contributed by atoms with E-state index >= 15 is 0 Å². The van der Waals surface area contributed by atoms with Crippen LogP contribution in [0.5, 0.6) is 0 Å². The summed E-state index contributed by atoms with van der Waals surface area (Å²) < 4.78 is 15.7. The Bertz CT molecular complexity index is 1330. The van der Waals surface area contributed by atoms with Crippen molar-refractivity contribution in [1.29, 1.82) is 0 Å². The molecule has 31 heavy (non-hydrogen) atoms. The number of carbonyl (C=O) groups is 1. The minimum Gasteiger partial charge on any atom is -0.350 e. The Labute approximate surface area is 183 Å². The molecule has 4 rings (SSSR count). The van der Waals surface area contributed by atoms with Gasteiger partial charge in [0.05, 0.1) is 11.2 Å². The number of halogens is 2. The number of hydrogen-bond donors (Lipinski definition) is 1. The van der Waals surface area contributed by atoms with Gasteiger partial charge in [0.2, 0.25) is 5.91 Å². The molecule has 0 bridgehead atoms. The van der Waals surface area contributed by atoms with Gasteiger partial charge in [0.15, 0.2) is 0 Å². The Hall–Kier alpha value is -3.51. The van der Waals surface area contributed by atoms with Crippen molar-refractivity contribution in [3.63, 3.8) is 0 Å². The number of rotatable bonds is 5. The van der Waals surface area contributed by atoms with Gasteiger partial charge >= 0.3 is 5.69 Å². The van der Waals surface area contributed by atoms with Crippen molar-refractivity contribution < 1.29 is 9.18 Å². The summed E-state index contributed by atoms with van der Waals surface area (Å²) in [7, 11) is 0. The maximum Gasteiger partial charge on any atom is 0.349 e. The first kappa shape index (κ1) is 20.8. The van der Waals surface area contributed by atoms with Crippen LogP contribution in [0.15, 0.2) is 71.5 Å². The fraction of sp³-hybridized carbons (Fsp3) is 0.125. The second kappa shape index (κ2) is 8.70. The molecule has 0 radical (unpaired) electrons. The molecule has 3 aromatic carbocycles. The molecular formula is C24H19ClFN3O2. The van der Waals surface area contributed by atoms with E-state index in [4.69, 9.17) is 11.6 Å². The van der Waals surface area contributed by atoms with Gasteiger partial charge in [0.25, 0.3) is 0 Å². The van der Waals surface area contributed by atoms with Crippen LogP contribution in [0.1, 0.15) is 11.1 Å². The molecule has 0 aliphatic heterocycles. The van der Waals surface area contributed by atoms with Crippen molar-refractivity contribution >= 4 is 28.4 Å². The number of benzene rings is 3. The van der Waals surface area contributed by atoms with E-state index < -0.39 is 11.5 Å². The molecule has 0 aliphatic rings. The van der Waals surface area contributed by atoms with Crippen LogP contribution in [0.3, 0.4) is 0 Å². The van der Waals surface area contributed by atoms with Crippen molar-refractivity contribution in [2.45, 2.75) is 20.0 Å². The van der Waals surface area contributed by atoms with E-state index in [-0.39, 0.29) is 23.7 Å². The normalized spacial score (nSPS) is 10.9. The van der Waals surface area contributed by atoms with E-state index in [0.717, 1.165) is 11.1 Å². The fourth-order valence-corrected chi connectivity index (χ4v) is 3.54. The molecule has 0 atom stereocenters. The largest absolute Gasteiger partial charge is 0.350 e. The van der Waals surface area contributed by atoms with Gasteiger partial charge in [-0.05, 0) is 42.8 Å². The van der Waals surface area contributed by atoms with Gasteiger partial charge in [0.1, 0.15) is 12.4 Å². The zero-order valence-corrected chi connectivity index (χ0v) is 17.5. The van der Waals surface area contributed by atoms with Crippen molar-refractivity contribution in [2.75, 3.05) is 0 Å². The van der Waals surface area contributed by atoms with Gasteiger partial charge in [-0.15, -0.1) is 0 Å². The van der Waals surface area contributed by atoms with E-state index in [1.165, 1.54) is 10.6 Å². The third kappa shape index (κ3) is 4.49. The molecule has 0 saturated heterocycles. The summed E-state index contributed by atoms with van der Waals surface area (Å²) >= 11 is 6.16. The number of carbonyl (C=O) groups excluding carboxylic acids is 1. The number of aryl methyl sites for hydroxylation is 1. The van der Waals surface area contributed by atoms with Gasteiger partial charge in [-0.2, -0.15) is 4.98 Å². The first-order valence-corrected chi connectivity index (χ1v) is 10.1. The third-order valence-corrected chi connectivity index (χ3v) is 5.22. The van der Waals surface area contributed by atoms with Gasteiger partial charge in [-0.25, -0.2) is 9.18 Å². The van der Waals surface area contributed by atoms with Crippen LogP contribution in [0.4, 0.5) is 4.39 Å². The highest BCUT2D eigenvalue weighted by atomic mass is 35.5. The molecule has 0 unspecified atom stereocenters. The van der Waals surface area contributed by atoms with Crippen LogP contribution in [0.2, 0.25) is 5.02 Å². The summed E-state index contributed by atoms with van der Waals surface area (Å²) in [6.07, 6.45) is 0. The average Bonchev–Trinajstić information content (AvgIpc) is 2.75. The smallest absolute Gasteiger partial charge is 0.349 e. The van der Waals surface area contributed by atoms with E-state index in [1.807, 2.05) is 31.2 Å². The average molecular weight is 436 g/mol. The van der Waals surface area contributed by atoms with Crippen LogP contribution in [-0.4, -0.2) is 15.5 Å². The number of amides is 1. The summed E-state index contributed by atoms with van der Waals surface area (Å²) in [6, 6.07) is 18.8. The van der Waals surface area contributed by atoms with E-state index in [0.29, 0.717) is 22.5 Å². The molecule has 7 heteroatoms. The molecule has 156 valence electrons. The second-order valence-electron chi connectivity index (χ2n) is 7.23. The molecule has 1 N–H and O–H groups in total. The molecule has 1 amide bonds. The fourth-order valence-electron chi connectivity index (χ4n) is 3.37. The number of nitrogens with zero attached hydrogens (tertiary/aromatic N) is 2. The predicted molar refractivity (Wildman–Crippen MR) is 119 cm³/mol. The SMILES string of the molecule is Cc1ccc(CNC(=O)Cn2c(=O)nc(-c3ccccc3F)c3cc(Cl)ccc32)cc1. The Morgan fingerprint density at radius 2 is 1.84 bits per heavy atom. The Kier molecular flexibility index (Phi) is 5.82. The van der Waals surface area contributed by atoms with Gasteiger partial charge in [-0.3, -0.25) is 9.36 Å². The minimum absolute atomic E-state index is 0.192. The number of nitrogens with one attached hydrogen (secondary N) is 1. The lowest BCUT2D eigenvalue weighted by molar-refractivity contribution is -0.121. The van der Waals surface area contributed by atoms with Crippen LogP contribution in [-0.2, 0) is 17.9 Å². The summed E-state index contributed by atoms with van der Waals surface area (Å²) in [5, 5.41) is 3.72. The van der Waals surface area contributed by atoms with Crippen molar-refractivity contribution in [3.8, 4) is 11.3 Å². The quantitative estimate of drug-likeness (QED) is 0.502. The van der Waals surface area contributed by atoms with Gasteiger partial charge < -0.3 is 5.32 Å². The first-order chi connectivity index (χ1) is 14.9. The van der Waals surface area contributed by atoms with E-state index in [9.17, 15) is 14.0 Å². The standard InChI is InChI=1S/C24H19ClFN3O2/c1-15-6-8-16(9-7-15)13-27-22(30)14-29-21-11-10-17(25)12-19(21)23(28-24(29)31)18-4-2-3-5-20(18)26/h2-12H,13-14H2,1H3,(H,27,30). The molecule has 5 nitrogen and oxygen atoms in total. The Morgan fingerprint density at radius 3 is 2.58 bits per heavy atom. The summed E-state index contributed by atoms with van der Waals surface area (Å²) in [5.74, 6) is -0.830.